The molecular weight excluding hydrogens is 397 g/mol. The lowest BCUT2D eigenvalue weighted by Crippen LogP contribution is -2.25. The molecule has 2 aromatic carbocycles. The van der Waals surface area contributed by atoms with Crippen LogP contribution in [0.15, 0.2) is 54.6 Å². The monoisotopic (exact) mass is 410 g/mol. The topological polar surface area (TPSA) is 80.7 Å². The van der Waals surface area contributed by atoms with Crippen molar-refractivity contribution in [2.45, 2.75) is 11.9 Å². The first kappa shape index (κ1) is 19.7. The van der Waals surface area contributed by atoms with Crippen molar-refractivity contribution < 1.29 is 35.7 Å². The van der Waals surface area contributed by atoms with Crippen LogP contribution >= 0.6 is 0 Å². The molecule has 0 amide bonds. The van der Waals surface area contributed by atoms with Crippen LogP contribution < -0.4 is 0 Å². The number of halogens is 3. The van der Waals surface area contributed by atoms with E-state index in [1.165, 1.54) is 12.2 Å². The van der Waals surface area contributed by atoms with Crippen LogP contribution in [0.1, 0.15) is 16.7 Å². The van der Waals surface area contributed by atoms with Gasteiger partial charge in [0, 0.05) is 11.6 Å². The quantitative estimate of drug-likeness (QED) is 0.454. The fourth-order valence-corrected chi connectivity index (χ4v) is 3.31. The zero-order chi connectivity index (χ0) is 20.5. The summed E-state index contributed by atoms with van der Waals surface area (Å²) in [5.41, 5.74) is -3.04. The average molecular weight is 410 g/mol. The van der Waals surface area contributed by atoms with E-state index in [4.69, 9.17) is 5.11 Å². The second-order valence-corrected chi connectivity index (χ2v) is 7.43. The number of hydrogen-bond acceptors (Lipinski definition) is 4. The van der Waals surface area contributed by atoms with Crippen molar-refractivity contribution >= 4 is 27.9 Å². The van der Waals surface area contributed by atoms with Crippen molar-refractivity contribution in [1.29, 1.82) is 0 Å². The van der Waals surface area contributed by atoms with Crippen LogP contribution in [0, 0.1) is 0 Å². The number of aliphatic carboxylic acids is 1. The van der Waals surface area contributed by atoms with E-state index in [0.717, 1.165) is 6.08 Å². The molecule has 0 heterocycles. The molecule has 0 aromatic heterocycles. The minimum Gasteiger partial charge on any atom is -0.478 e. The Morgan fingerprint density at radius 3 is 2.54 bits per heavy atom. The van der Waals surface area contributed by atoms with Gasteiger partial charge in [0.1, 0.15) is 5.76 Å². The molecule has 0 saturated heterocycles. The van der Waals surface area contributed by atoms with Crippen LogP contribution in [0.3, 0.4) is 0 Å². The van der Waals surface area contributed by atoms with Gasteiger partial charge in [0.15, 0.2) is 0 Å². The molecule has 1 aliphatic rings. The van der Waals surface area contributed by atoms with E-state index >= 15 is 0 Å². The van der Waals surface area contributed by atoms with Crippen molar-refractivity contribution in [3.05, 3.63) is 71.3 Å². The van der Waals surface area contributed by atoms with Crippen molar-refractivity contribution in [2.75, 3.05) is 0 Å². The minimum absolute atomic E-state index is 0.227. The molecule has 2 aromatic rings. The van der Waals surface area contributed by atoms with Gasteiger partial charge >= 0.3 is 21.6 Å². The zero-order valence-corrected chi connectivity index (χ0v) is 14.9. The van der Waals surface area contributed by atoms with Gasteiger partial charge in [-0.15, -0.1) is 0 Å². The Labute approximate surface area is 158 Å². The second-order valence-electron chi connectivity index (χ2n) is 5.89. The van der Waals surface area contributed by atoms with Crippen molar-refractivity contribution in [1.82, 2.24) is 0 Å². The number of allylic oxidation sites excluding steroid dienone is 1. The largest absolute Gasteiger partial charge is 0.534 e. The van der Waals surface area contributed by atoms with E-state index in [1.54, 1.807) is 42.5 Å². The summed E-state index contributed by atoms with van der Waals surface area (Å²) in [6.45, 7) is 0. The maximum absolute atomic E-state index is 12.7. The molecule has 0 fully saturated rings. The highest BCUT2D eigenvalue weighted by Crippen LogP contribution is 2.40. The number of carboxylic acids is 1. The Balaban J connectivity index is 2.04. The summed E-state index contributed by atoms with van der Waals surface area (Å²) in [7, 11) is -5.79. The Morgan fingerprint density at radius 2 is 1.86 bits per heavy atom. The molecule has 0 saturated carbocycles. The lowest BCUT2D eigenvalue weighted by molar-refractivity contribution is -0.131. The fourth-order valence-electron chi connectivity index (χ4n) is 2.83. The number of fused-ring (bicyclic) bond motifs is 1. The standard InChI is InChI=1S/C19H13F3O5S/c20-19(21,22)28(25,26)27-16-9-8-13-4-2-6-15(18(13)16)14-5-1-3-12(11-14)7-10-17(23)24/h1-7,9-11H,8H2,(H,23,24). The van der Waals surface area contributed by atoms with Crippen LogP contribution in [0.2, 0.25) is 0 Å². The van der Waals surface area contributed by atoms with Gasteiger partial charge in [0.25, 0.3) is 0 Å². The van der Waals surface area contributed by atoms with Crippen LogP contribution in [-0.4, -0.2) is 25.0 Å². The van der Waals surface area contributed by atoms with E-state index in [1.807, 2.05) is 0 Å². The van der Waals surface area contributed by atoms with E-state index in [-0.39, 0.29) is 17.7 Å². The maximum atomic E-state index is 12.7. The van der Waals surface area contributed by atoms with Crippen molar-refractivity contribution in [3.8, 4) is 11.1 Å². The number of carbonyl (C=O) groups is 1. The first-order valence-corrected chi connectivity index (χ1v) is 9.34. The third-order valence-corrected chi connectivity index (χ3v) is 4.97. The highest BCUT2D eigenvalue weighted by molar-refractivity contribution is 7.87. The Bertz CT molecular complexity index is 1100. The Morgan fingerprint density at radius 1 is 1.14 bits per heavy atom. The molecule has 3 rings (SSSR count). The second kappa shape index (κ2) is 7.16. The summed E-state index contributed by atoms with van der Waals surface area (Å²) in [6, 6.07) is 11.6. The van der Waals surface area contributed by atoms with E-state index < -0.39 is 21.6 Å². The van der Waals surface area contributed by atoms with Crippen LogP contribution in [0.25, 0.3) is 23.0 Å². The molecule has 1 N–H and O–H groups in total. The van der Waals surface area contributed by atoms with Gasteiger partial charge in [0.05, 0.1) is 0 Å². The van der Waals surface area contributed by atoms with Gasteiger partial charge in [-0.2, -0.15) is 21.6 Å². The van der Waals surface area contributed by atoms with Gasteiger partial charge in [-0.3, -0.25) is 0 Å². The average Bonchev–Trinajstić information content (AvgIpc) is 3.02. The minimum atomic E-state index is -5.79. The van der Waals surface area contributed by atoms with Gasteiger partial charge in [-0.25, -0.2) is 4.79 Å². The first-order chi connectivity index (χ1) is 13.1. The van der Waals surface area contributed by atoms with Crippen LogP contribution in [-0.2, 0) is 25.5 Å². The van der Waals surface area contributed by atoms with Crippen molar-refractivity contribution in [3.63, 3.8) is 0 Å². The number of rotatable bonds is 5. The highest BCUT2D eigenvalue weighted by Gasteiger charge is 2.49. The number of benzene rings is 2. The summed E-state index contributed by atoms with van der Waals surface area (Å²) in [5, 5.41) is 8.74. The SMILES string of the molecule is O=C(O)C=Cc1cccc(-c2cccc3c2C(OS(=O)(=O)C(F)(F)F)=CC3)c1. The van der Waals surface area contributed by atoms with E-state index in [0.29, 0.717) is 22.3 Å². The van der Waals surface area contributed by atoms with Crippen LogP contribution in [0.5, 0.6) is 0 Å². The highest BCUT2D eigenvalue weighted by atomic mass is 32.2. The van der Waals surface area contributed by atoms with Crippen LogP contribution in [0.4, 0.5) is 13.2 Å². The summed E-state index contributed by atoms with van der Waals surface area (Å²) in [6.07, 6.45) is 3.84. The molecule has 0 spiro atoms. The zero-order valence-electron chi connectivity index (χ0n) is 14.1. The molecule has 1 aliphatic carbocycles. The predicted octanol–water partition coefficient (Wildman–Crippen LogP) is 4.21. The molecular formula is C19H13F3O5S. The molecule has 0 bridgehead atoms. The summed E-state index contributed by atoms with van der Waals surface area (Å²) < 4.78 is 65.3. The lowest BCUT2D eigenvalue weighted by Gasteiger charge is -2.15. The third-order valence-electron chi connectivity index (χ3n) is 4.00. The number of alkyl halides is 3. The maximum Gasteiger partial charge on any atom is 0.534 e. The number of hydrogen-bond donors (Lipinski definition) is 1. The van der Waals surface area contributed by atoms with Gasteiger partial charge in [0.2, 0.25) is 0 Å². The molecule has 5 nitrogen and oxygen atoms in total. The molecule has 9 heteroatoms. The molecule has 0 atom stereocenters. The Hall–Kier alpha value is -3.07. The lowest BCUT2D eigenvalue weighted by atomic mass is 9.95. The molecule has 146 valence electrons. The molecule has 0 aliphatic heterocycles. The van der Waals surface area contributed by atoms with Crippen molar-refractivity contribution in [2.24, 2.45) is 0 Å². The van der Waals surface area contributed by atoms with E-state index in [9.17, 15) is 26.4 Å². The molecule has 0 unspecified atom stereocenters. The summed E-state index contributed by atoms with van der Waals surface area (Å²) in [5.74, 6) is -1.50. The van der Waals surface area contributed by atoms with Gasteiger partial charge in [-0.1, -0.05) is 36.4 Å². The first-order valence-electron chi connectivity index (χ1n) is 7.93. The Kier molecular flexibility index (Phi) is 5.03. The van der Waals surface area contributed by atoms with Gasteiger partial charge < -0.3 is 9.29 Å². The smallest absolute Gasteiger partial charge is 0.478 e. The van der Waals surface area contributed by atoms with Gasteiger partial charge in [-0.05, 0) is 46.9 Å². The molecule has 28 heavy (non-hydrogen) atoms. The summed E-state index contributed by atoms with van der Waals surface area (Å²) >= 11 is 0. The fraction of sp³-hybridized carbons (Fsp3) is 0.105. The third kappa shape index (κ3) is 3.94. The predicted molar refractivity (Wildman–Crippen MR) is 96.3 cm³/mol. The molecule has 0 radical (unpaired) electrons. The number of carboxylic acid groups (broad SMARTS) is 1. The van der Waals surface area contributed by atoms with E-state index in [2.05, 4.69) is 4.18 Å². The normalized spacial score (nSPS) is 14.0. The summed E-state index contributed by atoms with van der Waals surface area (Å²) in [4.78, 5) is 10.7.